The third-order valence-electron chi connectivity index (χ3n) is 6.50. The molecule has 0 spiro atoms. The molecule has 33 heavy (non-hydrogen) atoms. The lowest BCUT2D eigenvalue weighted by Gasteiger charge is -2.44. The van der Waals surface area contributed by atoms with Gasteiger partial charge in [0.2, 0.25) is 5.95 Å². The van der Waals surface area contributed by atoms with E-state index in [9.17, 15) is 4.79 Å². The van der Waals surface area contributed by atoms with Crippen LogP contribution in [0.3, 0.4) is 0 Å². The molecule has 2 aromatic heterocycles. The molecule has 1 fully saturated rings. The van der Waals surface area contributed by atoms with Gasteiger partial charge in [-0.25, -0.2) is 4.98 Å². The van der Waals surface area contributed by atoms with Gasteiger partial charge in [-0.05, 0) is 70.1 Å². The van der Waals surface area contributed by atoms with Crippen molar-refractivity contribution in [3.8, 4) is 5.75 Å². The number of nitrogens with zero attached hydrogens (tertiary/aromatic N) is 5. The highest BCUT2D eigenvalue weighted by atomic mass is 16.5. The van der Waals surface area contributed by atoms with Crippen LogP contribution in [0, 0.1) is 0 Å². The number of likely N-dealkylation sites (N-methyl/N-ethyl adjacent to an activating group) is 1. The van der Waals surface area contributed by atoms with Gasteiger partial charge in [0.1, 0.15) is 23.7 Å². The second-order valence-electron chi connectivity index (χ2n) is 9.27. The maximum Gasteiger partial charge on any atom is 0.270 e. The van der Waals surface area contributed by atoms with Crippen LogP contribution in [0.5, 0.6) is 5.75 Å². The highest BCUT2D eigenvalue weighted by molar-refractivity contribution is 5.98. The largest absolute Gasteiger partial charge is 0.492 e. The first-order valence-electron chi connectivity index (χ1n) is 11.6. The summed E-state index contributed by atoms with van der Waals surface area (Å²) in [7, 11) is 7.62. The molecule has 4 rings (SSSR count). The molecule has 0 saturated heterocycles. The molecule has 3 aromatic rings. The molecule has 1 saturated carbocycles. The SMILES string of the molecule is CCC1(n2c(C(=O)N(C)C)cc3cnc(Nc4ccc(OCCN(C)C)cc4)nc32)CCC1. The quantitative estimate of drug-likeness (QED) is 0.529. The van der Waals surface area contributed by atoms with E-state index in [0.29, 0.717) is 18.2 Å². The molecule has 176 valence electrons. The van der Waals surface area contributed by atoms with Crippen molar-refractivity contribution in [1.29, 1.82) is 0 Å². The number of ether oxygens (including phenoxy) is 1. The van der Waals surface area contributed by atoms with Gasteiger partial charge in [-0.1, -0.05) is 6.92 Å². The Kier molecular flexibility index (Phi) is 6.56. The lowest BCUT2D eigenvalue weighted by atomic mass is 9.74. The smallest absolute Gasteiger partial charge is 0.270 e. The molecule has 0 atom stereocenters. The third-order valence-corrected chi connectivity index (χ3v) is 6.50. The molecule has 1 N–H and O–H groups in total. The maximum absolute atomic E-state index is 13.0. The minimum absolute atomic E-state index is 0.00732. The van der Waals surface area contributed by atoms with Crippen molar-refractivity contribution in [2.75, 3.05) is 46.7 Å². The first-order chi connectivity index (χ1) is 15.8. The molecule has 2 heterocycles. The normalized spacial score (nSPS) is 14.8. The Morgan fingerprint density at radius 2 is 1.91 bits per heavy atom. The molecule has 8 nitrogen and oxygen atoms in total. The fraction of sp³-hybridized carbons (Fsp3) is 0.480. The van der Waals surface area contributed by atoms with Crippen LogP contribution in [0.25, 0.3) is 11.0 Å². The number of benzene rings is 1. The van der Waals surface area contributed by atoms with Crippen LogP contribution in [0.15, 0.2) is 36.5 Å². The van der Waals surface area contributed by atoms with Crippen LogP contribution in [-0.4, -0.2) is 71.6 Å². The monoisotopic (exact) mass is 450 g/mol. The van der Waals surface area contributed by atoms with E-state index >= 15 is 0 Å². The number of carbonyl (C=O) groups is 1. The molecule has 1 aliphatic carbocycles. The van der Waals surface area contributed by atoms with Crippen molar-refractivity contribution in [3.63, 3.8) is 0 Å². The summed E-state index contributed by atoms with van der Waals surface area (Å²) in [5.41, 5.74) is 2.32. The van der Waals surface area contributed by atoms with E-state index < -0.39 is 0 Å². The standard InChI is InChI=1S/C25H34N6O2/c1-6-25(12-7-13-25)31-21(23(32)30(4)5)16-18-17-26-24(28-22(18)31)27-19-8-10-20(11-9-19)33-15-14-29(2)3/h8-11,16-17H,6-7,12-15H2,1-5H3,(H,26,27,28). The van der Waals surface area contributed by atoms with Gasteiger partial charge in [-0.2, -0.15) is 4.98 Å². The predicted octanol–water partition coefficient (Wildman–Crippen LogP) is 4.11. The Balaban J connectivity index is 1.62. The zero-order chi connectivity index (χ0) is 23.6. The summed E-state index contributed by atoms with van der Waals surface area (Å²) in [5.74, 6) is 1.33. The number of aromatic nitrogens is 3. The summed E-state index contributed by atoms with van der Waals surface area (Å²) in [6.45, 7) is 3.70. The number of carbonyl (C=O) groups excluding carboxylic acids is 1. The van der Waals surface area contributed by atoms with E-state index in [-0.39, 0.29) is 11.4 Å². The fourth-order valence-corrected chi connectivity index (χ4v) is 4.35. The van der Waals surface area contributed by atoms with Crippen molar-refractivity contribution in [1.82, 2.24) is 24.3 Å². The number of fused-ring (bicyclic) bond motifs is 1. The predicted molar refractivity (Wildman–Crippen MR) is 131 cm³/mol. The number of rotatable bonds is 9. The van der Waals surface area contributed by atoms with Gasteiger partial charge in [0, 0.05) is 43.4 Å². The van der Waals surface area contributed by atoms with Gasteiger partial charge in [0.05, 0.1) is 0 Å². The van der Waals surface area contributed by atoms with E-state index in [1.807, 2.05) is 44.4 Å². The molecule has 1 aliphatic rings. The molecule has 0 unspecified atom stereocenters. The van der Waals surface area contributed by atoms with Crippen LogP contribution in [0.4, 0.5) is 11.6 Å². The van der Waals surface area contributed by atoms with E-state index in [4.69, 9.17) is 9.72 Å². The van der Waals surface area contributed by atoms with Gasteiger partial charge < -0.3 is 24.4 Å². The van der Waals surface area contributed by atoms with Gasteiger partial charge >= 0.3 is 0 Å². The van der Waals surface area contributed by atoms with Crippen molar-refractivity contribution < 1.29 is 9.53 Å². The number of anilines is 2. The number of hydrogen-bond donors (Lipinski definition) is 1. The Morgan fingerprint density at radius 1 is 1.18 bits per heavy atom. The number of nitrogens with one attached hydrogen (secondary N) is 1. The first kappa shape index (κ1) is 23.0. The molecule has 1 amide bonds. The Labute approximate surface area is 195 Å². The molecule has 8 heteroatoms. The highest BCUT2D eigenvalue weighted by Gasteiger charge is 2.41. The third kappa shape index (κ3) is 4.66. The van der Waals surface area contributed by atoms with E-state index in [1.54, 1.807) is 25.2 Å². The lowest BCUT2D eigenvalue weighted by Crippen LogP contribution is -2.42. The molecular weight excluding hydrogens is 416 g/mol. The summed E-state index contributed by atoms with van der Waals surface area (Å²) >= 11 is 0. The van der Waals surface area contributed by atoms with Crippen molar-refractivity contribution in [3.05, 3.63) is 42.2 Å². The highest BCUT2D eigenvalue weighted by Crippen LogP contribution is 2.45. The minimum atomic E-state index is -0.0556. The molecule has 1 aromatic carbocycles. The molecular formula is C25H34N6O2. The fourth-order valence-electron chi connectivity index (χ4n) is 4.35. The first-order valence-corrected chi connectivity index (χ1v) is 11.6. The van der Waals surface area contributed by atoms with Crippen LogP contribution in [0.1, 0.15) is 43.1 Å². The van der Waals surface area contributed by atoms with Crippen molar-refractivity contribution in [2.45, 2.75) is 38.1 Å². The average Bonchev–Trinajstić information content (AvgIpc) is 3.13. The van der Waals surface area contributed by atoms with Gasteiger partial charge in [0.25, 0.3) is 5.91 Å². The number of hydrogen-bond acceptors (Lipinski definition) is 6. The summed E-state index contributed by atoms with van der Waals surface area (Å²) in [6, 6.07) is 9.72. The Morgan fingerprint density at radius 3 is 2.48 bits per heavy atom. The Hall–Kier alpha value is -3.13. The summed E-state index contributed by atoms with van der Waals surface area (Å²) in [4.78, 5) is 26.1. The zero-order valence-corrected chi connectivity index (χ0v) is 20.3. The molecule has 0 radical (unpaired) electrons. The molecule has 0 bridgehead atoms. The van der Waals surface area contributed by atoms with Crippen molar-refractivity contribution in [2.24, 2.45) is 0 Å². The zero-order valence-electron chi connectivity index (χ0n) is 20.3. The molecule has 0 aliphatic heterocycles. The van der Waals surface area contributed by atoms with Crippen LogP contribution in [0.2, 0.25) is 0 Å². The van der Waals surface area contributed by atoms with Gasteiger partial charge in [-0.15, -0.1) is 0 Å². The Bertz CT molecular complexity index is 1110. The minimum Gasteiger partial charge on any atom is -0.492 e. The van der Waals surface area contributed by atoms with E-state index in [0.717, 1.165) is 48.3 Å². The second-order valence-corrected chi connectivity index (χ2v) is 9.27. The summed E-state index contributed by atoms with van der Waals surface area (Å²) in [5, 5.41) is 4.18. The van der Waals surface area contributed by atoms with E-state index in [2.05, 4.69) is 26.7 Å². The van der Waals surface area contributed by atoms with Gasteiger partial charge in [0.15, 0.2) is 0 Å². The lowest BCUT2D eigenvalue weighted by molar-refractivity contribution is 0.0780. The second kappa shape index (κ2) is 9.39. The number of amides is 1. The summed E-state index contributed by atoms with van der Waals surface area (Å²) < 4.78 is 7.94. The van der Waals surface area contributed by atoms with Crippen LogP contribution < -0.4 is 10.1 Å². The average molecular weight is 451 g/mol. The maximum atomic E-state index is 13.0. The van der Waals surface area contributed by atoms with E-state index in [1.165, 1.54) is 6.42 Å². The van der Waals surface area contributed by atoms with Gasteiger partial charge in [-0.3, -0.25) is 4.79 Å². The van der Waals surface area contributed by atoms with Crippen molar-refractivity contribution >= 4 is 28.6 Å². The van der Waals surface area contributed by atoms with Crippen LogP contribution in [-0.2, 0) is 5.54 Å². The van der Waals surface area contributed by atoms with Crippen LogP contribution >= 0.6 is 0 Å². The topological polar surface area (TPSA) is 75.5 Å². The summed E-state index contributed by atoms with van der Waals surface area (Å²) in [6.07, 6.45) is 6.05.